The molecule has 1 aromatic carbocycles. The molecule has 0 radical (unpaired) electrons. The maximum atomic E-state index is 12.5. The number of amides is 2. The third kappa shape index (κ3) is 4.28. The van der Waals surface area contributed by atoms with Gasteiger partial charge in [-0.1, -0.05) is 39.0 Å². The molecule has 1 fully saturated rings. The van der Waals surface area contributed by atoms with E-state index in [1.807, 2.05) is 42.5 Å². The van der Waals surface area contributed by atoms with Crippen LogP contribution in [0.4, 0.5) is 5.69 Å². The monoisotopic (exact) mass is 351 g/mol. The summed E-state index contributed by atoms with van der Waals surface area (Å²) < 4.78 is 0. The number of aromatic nitrogens is 1. The van der Waals surface area contributed by atoms with Gasteiger partial charge in [0, 0.05) is 24.8 Å². The van der Waals surface area contributed by atoms with E-state index in [4.69, 9.17) is 0 Å². The number of nitrogens with zero attached hydrogens (tertiary/aromatic N) is 2. The first-order valence-corrected chi connectivity index (χ1v) is 8.92. The predicted octanol–water partition coefficient (Wildman–Crippen LogP) is 3.37. The molecule has 1 N–H and O–H groups in total. The second-order valence-corrected chi connectivity index (χ2v) is 7.81. The van der Waals surface area contributed by atoms with Crippen molar-refractivity contribution < 1.29 is 9.59 Å². The number of hydrogen-bond acceptors (Lipinski definition) is 3. The number of hydrogen-bond donors (Lipinski definition) is 1. The minimum absolute atomic E-state index is 0.00103. The molecule has 0 unspecified atom stereocenters. The molecule has 0 saturated carbocycles. The van der Waals surface area contributed by atoms with E-state index < -0.39 is 0 Å². The summed E-state index contributed by atoms with van der Waals surface area (Å²) in [7, 11) is 0. The number of nitrogens with one attached hydrogen (secondary N) is 1. The van der Waals surface area contributed by atoms with Crippen molar-refractivity contribution in [3.63, 3.8) is 0 Å². The van der Waals surface area contributed by atoms with E-state index in [1.165, 1.54) is 5.56 Å². The smallest absolute Gasteiger partial charge is 0.229 e. The van der Waals surface area contributed by atoms with Gasteiger partial charge in [-0.25, -0.2) is 0 Å². The highest BCUT2D eigenvalue weighted by molar-refractivity contribution is 5.97. The minimum Gasteiger partial charge on any atom is -0.336 e. The van der Waals surface area contributed by atoms with Gasteiger partial charge in [-0.15, -0.1) is 0 Å². The zero-order valence-corrected chi connectivity index (χ0v) is 15.5. The quantitative estimate of drug-likeness (QED) is 0.919. The summed E-state index contributed by atoms with van der Waals surface area (Å²) in [5.74, 6) is -0.433. The summed E-state index contributed by atoms with van der Waals surface area (Å²) in [5.41, 5.74) is 2.89. The number of carbonyl (C=O) groups is 2. The van der Waals surface area contributed by atoms with Crippen molar-refractivity contribution in [1.82, 2.24) is 9.88 Å². The first kappa shape index (κ1) is 18.1. The first-order valence-electron chi connectivity index (χ1n) is 8.92. The van der Waals surface area contributed by atoms with Gasteiger partial charge in [0.2, 0.25) is 11.8 Å². The summed E-state index contributed by atoms with van der Waals surface area (Å²) >= 11 is 0. The zero-order valence-electron chi connectivity index (χ0n) is 15.5. The lowest BCUT2D eigenvalue weighted by molar-refractivity contribution is -0.128. The molecule has 0 spiro atoms. The van der Waals surface area contributed by atoms with Gasteiger partial charge >= 0.3 is 0 Å². The fraction of sp³-hybridized carbons (Fsp3) is 0.381. The first-order chi connectivity index (χ1) is 12.3. The Bertz CT molecular complexity index is 779. The summed E-state index contributed by atoms with van der Waals surface area (Å²) in [6, 6.07) is 13.5. The average Bonchev–Trinajstić information content (AvgIpc) is 2.96. The third-order valence-electron chi connectivity index (χ3n) is 4.68. The van der Waals surface area contributed by atoms with Gasteiger partial charge in [0.1, 0.15) is 0 Å². The normalized spacial score (nSPS) is 17.4. The van der Waals surface area contributed by atoms with Crippen molar-refractivity contribution in [3.8, 4) is 0 Å². The lowest BCUT2D eigenvalue weighted by atomic mass is 9.87. The van der Waals surface area contributed by atoms with Crippen molar-refractivity contribution in [2.45, 2.75) is 39.2 Å². The van der Waals surface area contributed by atoms with Gasteiger partial charge < -0.3 is 10.2 Å². The third-order valence-corrected chi connectivity index (χ3v) is 4.68. The number of likely N-dealkylation sites (tertiary alicyclic amines) is 1. The van der Waals surface area contributed by atoms with Crippen molar-refractivity contribution >= 4 is 17.5 Å². The van der Waals surface area contributed by atoms with E-state index in [0.29, 0.717) is 13.1 Å². The topological polar surface area (TPSA) is 62.3 Å². The second kappa shape index (κ2) is 7.28. The Balaban J connectivity index is 1.59. The summed E-state index contributed by atoms with van der Waals surface area (Å²) in [6.45, 7) is 7.34. The molecule has 1 aliphatic rings. The van der Waals surface area contributed by atoms with Crippen molar-refractivity contribution in [2.24, 2.45) is 5.92 Å². The minimum atomic E-state index is -0.325. The summed E-state index contributed by atoms with van der Waals surface area (Å²) in [5, 5.41) is 2.93. The van der Waals surface area contributed by atoms with Crippen LogP contribution in [-0.4, -0.2) is 28.2 Å². The van der Waals surface area contributed by atoms with E-state index >= 15 is 0 Å². The molecule has 1 aliphatic heterocycles. The molecular weight excluding hydrogens is 326 g/mol. The van der Waals surface area contributed by atoms with Crippen LogP contribution in [-0.2, 0) is 21.5 Å². The number of pyridine rings is 1. The van der Waals surface area contributed by atoms with E-state index in [0.717, 1.165) is 11.4 Å². The van der Waals surface area contributed by atoms with Crippen molar-refractivity contribution in [3.05, 3.63) is 59.9 Å². The Morgan fingerprint density at radius 1 is 1.19 bits per heavy atom. The summed E-state index contributed by atoms with van der Waals surface area (Å²) in [6.07, 6.45) is 1.96. The molecule has 2 aromatic rings. The molecule has 5 heteroatoms. The highest BCUT2D eigenvalue weighted by Crippen LogP contribution is 2.25. The molecule has 26 heavy (non-hydrogen) atoms. The van der Waals surface area contributed by atoms with Crippen LogP contribution >= 0.6 is 0 Å². The average molecular weight is 351 g/mol. The molecule has 136 valence electrons. The Morgan fingerprint density at radius 2 is 1.92 bits per heavy atom. The number of benzene rings is 1. The lowest BCUT2D eigenvalue weighted by Gasteiger charge is -2.19. The second-order valence-electron chi connectivity index (χ2n) is 7.81. The van der Waals surface area contributed by atoms with E-state index in [-0.39, 0.29) is 29.6 Å². The Hall–Kier alpha value is -2.69. The van der Waals surface area contributed by atoms with Crippen LogP contribution in [0.5, 0.6) is 0 Å². The number of carbonyl (C=O) groups excluding carboxylic acids is 2. The van der Waals surface area contributed by atoms with Gasteiger partial charge in [-0.3, -0.25) is 14.6 Å². The largest absolute Gasteiger partial charge is 0.336 e. The van der Waals surface area contributed by atoms with Gasteiger partial charge in [-0.2, -0.15) is 0 Å². The van der Waals surface area contributed by atoms with Crippen molar-refractivity contribution in [2.75, 3.05) is 11.9 Å². The summed E-state index contributed by atoms with van der Waals surface area (Å²) in [4.78, 5) is 30.7. The van der Waals surface area contributed by atoms with E-state index in [2.05, 4.69) is 31.1 Å². The number of anilines is 1. The highest BCUT2D eigenvalue weighted by atomic mass is 16.2. The molecule has 1 atom stereocenters. The van der Waals surface area contributed by atoms with Crippen LogP contribution in [0.15, 0.2) is 48.7 Å². The maximum Gasteiger partial charge on any atom is 0.229 e. The molecule has 5 nitrogen and oxygen atoms in total. The van der Waals surface area contributed by atoms with Gasteiger partial charge in [0.05, 0.1) is 18.2 Å². The van der Waals surface area contributed by atoms with Crippen LogP contribution in [0.3, 0.4) is 0 Å². The fourth-order valence-electron chi connectivity index (χ4n) is 3.09. The molecule has 1 aromatic heterocycles. The fourth-order valence-corrected chi connectivity index (χ4v) is 3.09. The highest BCUT2D eigenvalue weighted by Gasteiger charge is 2.34. The van der Waals surface area contributed by atoms with Gasteiger partial charge in [-0.05, 0) is 35.2 Å². The maximum absolute atomic E-state index is 12.5. The Labute approximate surface area is 154 Å². The van der Waals surface area contributed by atoms with Gasteiger partial charge in [0.15, 0.2) is 0 Å². The predicted molar refractivity (Wildman–Crippen MR) is 102 cm³/mol. The molecule has 2 amide bonds. The standard InChI is InChI=1S/C21H25N3O2/c1-21(2,3)16-7-9-17(10-8-16)23-20(26)15-12-19(25)24(13-15)14-18-6-4-5-11-22-18/h4-11,15H,12-14H2,1-3H3,(H,23,26)/t15-/m0/s1. The van der Waals surface area contributed by atoms with Gasteiger partial charge in [0.25, 0.3) is 0 Å². The van der Waals surface area contributed by atoms with Crippen LogP contribution in [0.1, 0.15) is 38.4 Å². The number of rotatable bonds is 4. The lowest BCUT2D eigenvalue weighted by Crippen LogP contribution is -2.28. The van der Waals surface area contributed by atoms with Crippen LogP contribution in [0.2, 0.25) is 0 Å². The van der Waals surface area contributed by atoms with Crippen LogP contribution in [0.25, 0.3) is 0 Å². The van der Waals surface area contributed by atoms with E-state index in [9.17, 15) is 9.59 Å². The van der Waals surface area contributed by atoms with E-state index in [1.54, 1.807) is 11.1 Å². The molecule has 0 bridgehead atoms. The molecule has 3 rings (SSSR count). The zero-order chi connectivity index (χ0) is 18.7. The molecular formula is C21H25N3O2. The van der Waals surface area contributed by atoms with Crippen LogP contribution < -0.4 is 5.32 Å². The van der Waals surface area contributed by atoms with Crippen LogP contribution in [0, 0.1) is 5.92 Å². The molecule has 1 saturated heterocycles. The molecule has 2 heterocycles. The van der Waals surface area contributed by atoms with Crippen molar-refractivity contribution in [1.29, 1.82) is 0 Å². The SMILES string of the molecule is CC(C)(C)c1ccc(NC(=O)[C@H]2CC(=O)N(Cc3ccccn3)C2)cc1. The molecule has 0 aliphatic carbocycles. The Kier molecular flexibility index (Phi) is 5.07. The Morgan fingerprint density at radius 3 is 2.54 bits per heavy atom.